The quantitative estimate of drug-likeness (QED) is 0.801. The van der Waals surface area contributed by atoms with E-state index < -0.39 is 0 Å². The molecule has 21 heavy (non-hydrogen) atoms. The molecule has 1 aromatic heterocycles. The van der Waals surface area contributed by atoms with Crippen LogP contribution in [0.5, 0.6) is 0 Å². The summed E-state index contributed by atoms with van der Waals surface area (Å²) in [6.45, 7) is 4.44. The summed E-state index contributed by atoms with van der Waals surface area (Å²) < 4.78 is 5.04. The molecule has 0 radical (unpaired) electrons. The number of ether oxygens (including phenoxy) is 1. The van der Waals surface area contributed by atoms with E-state index >= 15 is 0 Å². The molecule has 0 N–H and O–H groups in total. The van der Waals surface area contributed by atoms with Crippen molar-refractivity contribution in [3.05, 3.63) is 23.9 Å². The Hall–Kier alpha value is -1.58. The lowest BCUT2D eigenvalue weighted by Gasteiger charge is -2.22. The summed E-state index contributed by atoms with van der Waals surface area (Å²) in [5, 5.41) is 0. The fraction of sp³-hybridized carbons (Fsp3) is 0.647. The molecule has 2 aliphatic carbocycles. The van der Waals surface area contributed by atoms with Gasteiger partial charge in [0.2, 0.25) is 0 Å². The molecular weight excluding hydrogens is 264 g/mol. The molecule has 0 unspecified atom stereocenters. The summed E-state index contributed by atoms with van der Waals surface area (Å²) >= 11 is 0. The van der Waals surface area contributed by atoms with Crippen molar-refractivity contribution in [2.45, 2.75) is 26.2 Å². The lowest BCUT2D eigenvalue weighted by molar-refractivity contribution is 0.0519. The molecule has 1 saturated heterocycles. The first-order valence-electron chi connectivity index (χ1n) is 8.15. The summed E-state index contributed by atoms with van der Waals surface area (Å²) in [5.74, 6) is 4.22. The highest BCUT2D eigenvalue weighted by Gasteiger charge is 2.51. The largest absolute Gasteiger partial charge is 0.461 e. The molecule has 4 heteroatoms. The Labute approximate surface area is 125 Å². The second-order valence-corrected chi connectivity index (χ2v) is 6.67. The van der Waals surface area contributed by atoms with E-state index in [1.807, 2.05) is 19.1 Å². The highest BCUT2D eigenvalue weighted by Crippen LogP contribution is 2.55. The molecule has 4 rings (SSSR count). The van der Waals surface area contributed by atoms with Gasteiger partial charge in [-0.1, -0.05) is 6.07 Å². The molecule has 112 valence electrons. The Kier molecular flexibility index (Phi) is 3.12. The summed E-state index contributed by atoms with van der Waals surface area (Å²) in [5.41, 5.74) is 0.425. The average Bonchev–Trinajstić information content (AvgIpc) is 3.20. The Bertz CT molecular complexity index is 541. The number of fused-ring (bicyclic) bond motifs is 5. The Morgan fingerprint density at radius 3 is 2.67 bits per heavy atom. The maximum atomic E-state index is 11.8. The van der Waals surface area contributed by atoms with Crippen LogP contribution >= 0.6 is 0 Å². The molecule has 1 aromatic rings. The van der Waals surface area contributed by atoms with Gasteiger partial charge in [0, 0.05) is 13.1 Å². The zero-order valence-electron chi connectivity index (χ0n) is 12.5. The molecule has 2 heterocycles. The molecule has 3 aliphatic rings. The smallest absolute Gasteiger partial charge is 0.356 e. The van der Waals surface area contributed by atoms with Gasteiger partial charge in [-0.15, -0.1) is 0 Å². The minimum absolute atomic E-state index is 0.321. The van der Waals surface area contributed by atoms with Crippen molar-refractivity contribution in [2.75, 3.05) is 24.6 Å². The number of anilines is 1. The van der Waals surface area contributed by atoms with Gasteiger partial charge < -0.3 is 9.64 Å². The van der Waals surface area contributed by atoms with Gasteiger partial charge in [0.05, 0.1) is 6.61 Å². The first kappa shape index (κ1) is 13.1. The summed E-state index contributed by atoms with van der Waals surface area (Å²) in [7, 11) is 0. The third-order valence-corrected chi connectivity index (χ3v) is 5.68. The van der Waals surface area contributed by atoms with Crippen LogP contribution in [0.4, 0.5) is 5.82 Å². The zero-order valence-corrected chi connectivity index (χ0v) is 12.5. The second-order valence-electron chi connectivity index (χ2n) is 6.67. The lowest BCUT2D eigenvalue weighted by Crippen LogP contribution is -2.24. The van der Waals surface area contributed by atoms with Gasteiger partial charge >= 0.3 is 5.97 Å². The van der Waals surface area contributed by atoms with Crippen LogP contribution in [0.1, 0.15) is 36.7 Å². The standard InChI is InChI=1S/C17H22N2O2/c1-2-21-17(20)15-4-3-5-16(18-15)19-9-13-11-6-7-12(8-11)14(13)10-19/h3-5,11-14H,2,6-10H2,1H3/t11-,12+,13-,14+. The summed E-state index contributed by atoms with van der Waals surface area (Å²) in [4.78, 5) is 18.7. The van der Waals surface area contributed by atoms with Crippen molar-refractivity contribution in [2.24, 2.45) is 23.7 Å². The van der Waals surface area contributed by atoms with Gasteiger partial charge in [0.1, 0.15) is 5.82 Å². The van der Waals surface area contributed by atoms with E-state index in [2.05, 4.69) is 9.88 Å². The molecule has 3 fully saturated rings. The number of aromatic nitrogens is 1. The first-order chi connectivity index (χ1) is 10.3. The fourth-order valence-electron chi connectivity index (χ4n) is 4.79. The summed E-state index contributed by atoms with van der Waals surface area (Å²) in [6.07, 6.45) is 4.31. The number of pyridine rings is 1. The van der Waals surface area contributed by atoms with Crippen LogP contribution in [0.25, 0.3) is 0 Å². The van der Waals surface area contributed by atoms with Crippen LogP contribution in [0.2, 0.25) is 0 Å². The molecule has 2 bridgehead atoms. The van der Waals surface area contributed by atoms with E-state index in [-0.39, 0.29) is 5.97 Å². The Morgan fingerprint density at radius 1 is 1.29 bits per heavy atom. The van der Waals surface area contributed by atoms with E-state index in [9.17, 15) is 4.79 Å². The second kappa shape index (κ2) is 5.00. The first-order valence-corrected chi connectivity index (χ1v) is 8.15. The number of carbonyl (C=O) groups excluding carboxylic acids is 1. The summed E-state index contributed by atoms with van der Waals surface area (Å²) in [6, 6.07) is 5.67. The monoisotopic (exact) mass is 286 g/mol. The van der Waals surface area contributed by atoms with Crippen molar-refractivity contribution in [3.8, 4) is 0 Å². The van der Waals surface area contributed by atoms with Crippen LogP contribution in [0.3, 0.4) is 0 Å². The highest BCUT2D eigenvalue weighted by atomic mass is 16.5. The van der Waals surface area contributed by atoms with Crippen LogP contribution in [-0.2, 0) is 4.74 Å². The number of hydrogen-bond acceptors (Lipinski definition) is 4. The van der Waals surface area contributed by atoms with Crippen LogP contribution < -0.4 is 4.90 Å². The molecule has 0 spiro atoms. The van der Waals surface area contributed by atoms with Gasteiger partial charge in [-0.05, 0) is 62.0 Å². The van der Waals surface area contributed by atoms with Gasteiger partial charge in [-0.3, -0.25) is 0 Å². The maximum Gasteiger partial charge on any atom is 0.356 e. The van der Waals surface area contributed by atoms with E-state index in [4.69, 9.17) is 4.74 Å². The van der Waals surface area contributed by atoms with Crippen molar-refractivity contribution in [3.63, 3.8) is 0 Å². The van der Waals surface area contributed by atoms with Crippen molar-refractivity contribution >= 4 is 11.8 Å². The van der Waals surface area contributed by atoms with E-state index in [1.54, 1.807) is 6.07 Å². The minimum atomic E-state index is -0.321. The molecule has 0 amide bonds. The molecule has 0 aromatic carbocycles. The number of esters is 1. The maximum absolute atomic E-state index is 11.8. The normalized spacial score (nSPS) is 33.3. The number of hydrogen-bond donors (Lipinski definition) is 0. The van der Waals surface area contributed by atoms with E-state index in [0.717, 1.165) is 42.6 Å². The average molecular weight is 286 g/mol. The van der Waals surface area contributed by atoms with Crippen molar-refractivity contribution in [1.82, 2.24) is 4.98 Å². The SMILES string of the molecule is CCOC(=O)c1cccc(N2C[C@@H]3[C@@H]4CC[C@@H](C4)[C@@H]3C2)n1. The highest BCUT2D eigenvalue weighted by molar-refractivity contribution is 5.87. The van der Waals surface area contributed by atoms with E-state index in [0.29, 0.717) is 12.3 Å². The van der Waals surface area contributed by atoms with E-state index in [1.165, 1.54) is 19.3 Å². The van der Waals surface area contributed by atoms with Crippen molar-refractivity contribution < 1.29 is 9.53 Å². The lowest BCUT2D eigenvalue weighted by atomic mass is 9.82. The van der Waals surface area contributed by atoms with Crippen LogP contribution in [0.15, 0.2) is 18.2 Å². The van der Waals surface area contributed by atoms with Gasteiger partial charge in [-0.2, -0.15) is 0 Å². The van der Waals surface area contributed by atoms with Crippen LogP contribution in [-0.4, -0.2) is 30.6 Å². The number of carbonyl (C=O) groups is 1. The third kappa shape index (κ3) is 2.12. The van der Waals surface area contributed by atoms with Gasteiger partial charge in [0.15, 0.2) is 5.69 Å². The number of rotatable bonds is 3. The molecule has 1 aliphatic heterocycles. The van der Waals surface area contributed by atoms with Crippen molar-refractivity contribution in [1.29, 1.82) is 0 Å². The number of nitrogens with zero attached hydrogens (tertiary/aromatic N) is 2. The zero-order chi connectivity index (χ0) is 14.4. The Morgan fingerprint density at radius 2 is 2.00 bits per heavy atom. The Balaban J connectivity index is 1.52. The topological polar surface area (TPSA) is 42.4 Å². The van der Waals surface area contributed by atoms with Gasteiger partial charge in [0.25, 0.3) is 0 Å². The molecule has 4 atom stereocenters. The van der Waals surface area contributed by atoms with Crippen LogP contribution in [0, 0.1) is 23.7 Å². The predicted octanol–water partition coefficient (Wildman–Crippen LogP) is 2.74. The minimum Gasteiger partial charge on any atom is -0.461 e. The fourth-order valence-corrected chi connectivity index (χ4v) is 4.79. The van der Waals surface area contributed by atoms with Gasteiger partial charge in [-0.25, -0.2) is 9.78 Å². The molecule has 2 saturated carbocycles. The predicted molar refractivity (Wildman–Crippen MR) is 80.2 cm³/mol. The molecular formula is C17H22N2O2. The third-order valence-electron chi connectivity index (χ3n) is 5.68. The molecule has 4 nitrogen and oxygen atoms in total.